The van der Waals surface area contributed by atoms with E-state index in [1.165, 1.54) is 16.7 Å². The van der Waals surface area contributed by atoms with Crippen LogP contribution in [0.4, 0.5) is 4.39 Å². The predicted octanol–water partition coefficient (Wildman–Crippen LogP) is 2.82. The van der Waals surface area contributed by atoms with E-state index in [2.05, 4.69) is 4.98 Å². The zero-order valence-electron chi connectivity index (χ0n) is 16.0. The Hall–Kier alpha value is -4.15. The second-order valence-electron chi connectivity index (χ2n) is 6.50. The van der Waals surface area contributed by atoms with Crippen molar-refractivity contribution in [3.8, 4) is 11.8 Å². The number of hydrogen-bond donors (Lipinski definition) is 0. The minimum atomic E-state index is -0.580. The molecule has 0 aliphatic carbocycles. The molecule has 2 aromatic heterocycles. The Bertz CT molecular complexity index is 1470. The van der Waals surface area contributed by atoms with Gasteiger partial charge in [-0.05, 0) is 60.2 Å². The number of aromatic nitrogens is 2. The van der Waals surface area contributed by atoms with Gasteiger partial charge in [-0.15, -0.1) is 11.3 Å². The molecule has 150 valence electrons. The van der Waals surface area contributed by atoms with Crippen LogP contribution in [0.15, 0.2) is 83.9 Å². The van der Waals surface area contributed by atoms with E-state index in [4.69, 9.17) is 0 Å². The summed E-state index contributed by atoms with van der Waals surface area (Å²) < 4.78 is 15.2. The fourth-order valence-electron chi connectivity index (χ4n) is 3.01. The third-order valence-corrected chi connectivity index (χ3v) is 5.59. The smallest absolute Gasteiger partial charge is 0.273 e. The second-order valence-corrected chi connectivity index (χ2v) is 7.53. The maximum Gasteiger partial charge on any atom is 0.273 e. The zero-order valence-corrected chi connectivity index (χ0v) is 16.8. The summed E-state index contributed by atoms with van der Waals surface area (Å²) in [6.07, 6.45) is 4.91. The van der Waals surface area contributed by atoms with Gasteiger partial charge in [-0.1, -0.05) is 18.2 Å². The van der Waals surface area contributed by atoms with Crippen molar-refractivity contribution >= 4 is 28.8 Å². The van der Waals surface area contributed by atoms with Crippen LogP contribution in [-0.4, -0.2) is 15.3 Å². The molecule has 4 rings (SSSR count). The van der Waals surface area contributed by atoms with Gasteiger partial charge in [0.25, 0.3) is 5.56 Å². The molecule has 31 heavy (non-hydrogen) atoms. The summed E-state index contributed by atoms with van der Waals surface area (Å²) in [4.78, 5) is 30.3. The molecule has 0 unspecified atom stereocenters. The Morgan fingerprint density at radius 1 is 1.03 bits per heavy atom. The van der Waals surface area contributed by atoms with Crippen LogP contribution in [0.3, 0.4) is 0 Å². The third kappa shape index (κ3) is 4.10. The quantitative estimate of drug-likeness (QED) is 0.470. The Labute approximate surface area is 180 Å². The number of hydrogen-bond acceptors (Lipinski definition) is 5. The average Bonchev–Trinajstić information content (AvgIpc) is 3.11. The summed E-state index contributed by atoms with van der Waals surface area (Å²) in [5.74, 6) is -1.06. The van der Waals surface area contributed by atoms with Crippen LogP contribution in [0.25, 0.3) is 17.3 Å². The molecule has 0 radical (unpaired) electrons. The van der Waals surface area contributed by atoms with Crippen LogP contribution in [0, 0.1) is 17.1 Å². The Kier molecular flexibility index (Phi) is 5.65. The van der Waals surface area contributed by atoms with Crippen molar-refractivity contribution in [3.05, 3.63) is 116 Å². The molecule has 2 heterocycles. The number of carbonyl (C=O) groups excluding carboxylic acids is 1. The first-order chi connectivity index (χ1) is 15.1. The molecular weight excluding hydrogens is 413 g/mol. The number of para-hydroxylation sites is 1. The number of carbonyl (C=O) groups is 1. The van der Waals surface area contributed by atoms with E-state index in [0.29, 0.717) is 10.2 Å². The molecule has 0 aliphatic heterocycles. The van der Waals surface area contributed by atoms with E-state index < -0.39 is 11.6 Å². The number of nitriles is 1. The van der Waals surface area contributed by atoms with Gasteiger partial charge in [0.05, 0.1) is 10.2 Å². The number of thiazole rings is 1. The van der Waals surface area contributed by atoms with E-state index in [-0.39, 0.29) is 21.4 Å². The Morgan fingerprint density at radius 2 is 1.71 bits per heavy atom. The fourth-order valence-corrected chi connectivity index (χ4v) is 4.12. The van der Waals surface area contributed by atoms with Crippen molar-refractivity contribution in [2.45, 2.75) is 0 Å². The molecule has 0 bridgehead atoms. The molecule has 2 aromatic carbocycles. The largest absolute Gasteiger partial charge is 0.288 e. The standard InChI is InChI=1S/C24H14FN3O2S/c25-18-8-6-17(7-9-18)22(29)20(15-26)24-28(19-4-2-1-3-5-19)23(30)21(31-24)14-16-10-12-27-13-11-16/h1-14H/b21-14+,24-20-. The summed E-state index contributed by atoms with van der Waals surface area (Å²) in [5.41, 5.74) is 0.934. The summed E-state index contributed by atoms with van der Waals surface area (Å²) in [7, 11) is 0. The number of Topliss-reactive ketones (excluding diaryl/α,β-unsaturated/α-hetero) is 1. The van der Waals surface area contributed by atoms with Crippen molar-refractivity contribution in [1.29, 1.82) is 5.26 Å². The van der Waals surface area contributed by atoms with Gasteiger partial charge >= 0.3 is 0 Å². The normalized spacial score (nSPS) is 12.3. The molecule has 5 nitrogen and oxygen atoms in total. The molecular formula is C24H14FN3O2S. The van der Waals surface area contributed by atoms with Crippen molar-refractivity contribution in [3.63, 3.8) is 0 Å². The SMILES string of the molecule is N#C/C(C(=O)c1ccc(F)cc1)=c1/s/c(=C/c2ccncc2)c(=O)n1-c1ccccc1. The lowest BCUT2D eigenvalue weighted by molar-refractivity contribution is 0.105. The summed E-state index contributed by atoms with van der Waals surface area (Å²) in [6, 6.07) is 19.2. The molecule has 0 atom stereocenters. The van der Waals surface area contributed by atoms with Crippen molar-refractivity contribution in [1.82, 2.24) is 9.55 Å². The maximum absolute atomic E-state index is 13.3. The molecule has 0 aliphatic rings. The van der Waals surface area contributed by atoms with Gasteiger partial charge in [0.15, 0.2) is 0 Å². The van der Waals surface area contributed by atoms with Gasteiger partial charge in [0.2, 0.25) is 5.78 Å². The number of nitrogens with zero attached hydrogens (tertiary/aromatic N) is 3. The molecule has 0 amide bonds. The third-order valence-electron chi connectivity index (χ3n) is 4.50. The Morgan fingerprint density at radius 3 is 2.35 bits per heavy atom. The highest BCUT2D eigenvalue weighted by Crippen LogP contribution is 2.11. The van der Waals surface area contributed by atoms with Crippen molar-refractivity contribution in [2.75, 3.05) is 0 Å². The fraction of sp³-hybridized carbons (Fsp3) is 0. The highest BCUT2D eigenvalue weighted by molar-refractivity contribution is 7.07. The van der Waals surface area contributed by atoms with Gasteiger partial charge in [0, 0.05) is 18.0 Å². The molecule has 0 N–H and O–H groups in total. The van der Waals surface area contributed by atoms with Crippen LogP contribution in [-0.2, 0) is 0 Å². The van der Waals surface area contributed by atoms with Crippen molar-refractivity contribution in [2.24, 2.45) is 0 Å². The molecule has 0 fully saturated rings. The number of halogens is 1. The van der Waals surface area contributed by atoms with Crippen LogP contribution in [0.1, 0.15) is 15.9 Å². The summed E-state index contributed by atoms with van der Waals surface area (Å²) >= 11 is 1.05. The maximum atomic E-state index is 13.3. The second kappa shape index (κ2) is 8.69. The topological polar surface area (TPSA) is 75.8 Å². The van der Waals surface area contributed by atoms with Gasteiger partial charge < -0.3 is 0 Å². The van der Waals surface area contributed by atoms with Crippen LogP contribution < -0.4 is 14.8 Å². The average molecular weight is 427 g/mol. The van der Waals surface area contributed by atoms with E-state index in [1.807, 2.05) is 12.1 Å². The molecule has 0 spiro atoms. The first-order valence-corrected chi connectivity index (χ1v) is 10.0. The molecule has 0 saturated heterocycles. The van der Waals surface area contributed by atoms with Crippen LogP contribution in [0.2, 0.25) is 0 Å². The monoisotopic (exact) mass is 427 g/mol. The predicted molar refractivity (Wildman–Crippen MR) is 117 cm³/mol. The molecule has 0 saturated carbocycles. The summed E-state index contributed by atoms with van der Waals surface area (Å²) in [6.45, 7) is 0. The molecule has 4 aromatic rings. The highest BCUT2D eigenvalue weighted by atomic mass is 32.1. The van der Waals surface area contributed by atoms with Gasteiger partial charge in [0.1, 0.15) is 22.1 Å². The van der Waals surface area contributed by atoms with E-state index in [0.717, 1.165) is 29.0 Å². The number of rotatable bonds is 4. The minimum Gasteiger partial charge on any atom is -0.288 e. The van der Waals surface area contributed by atoms with E-state index in [9.17, 15) is 19.2 Å². The zero-order chi connectivity index (χ0) is 21.8. The van der Waals surface area contributed by atoms with Crippen LogP contribution >= 0.6 is 11.3 Å². The number of pyridine rings is 1. The van der Waals surface area contributed by atoms with E-state index >= 15 is 0 Å². The highest BCUT2D eigenvalue weighted by Gasteiger charge is 2.18. The minimum absolute atomic E-state index is 0.165. The first kappa shape index (κ1) is 20.1. The van der Waals surface area contributed by atoms with E-state index in [1.54, 1.807) is 54.9 Å². The number of benzene rings is 2. The lowest BCUT2D eigenvalue weighted by Gasteiger charge is -2.03. The Balaban J connectivity index is 2.04. The lowest BCUT2D eigenvalue weighted by Crippen LogP contribution is -2.31. The molecule has 7 heteroatoms. The van der Waals surface area contributed by atoms with Crippen molar-refractivity contribution < 1.29 is 9.18 Å². The van der Waals surface area contributed by atoms with Gasteiger partial charge in [-0.3, -0.25) is 19.1 Å². The summed E-state index contributed by atoms with van der Waals surface area (Å²) in [5, 5.41) is 9.82. The number of ketones is 1. The van der Waals surface area contributed by atoms with Gasteiger partial charge in [-0.2, -0.15) is 5.26 Å². The van der Waals surface area contributed by atoms with Crippen LogP contribution in [0.5, 0.6) is 0 Å². The lowest BCUT2D eigenvalue weighted by atomic mass is 10.1. The first-order valence-electron chi connectivity index (χ1n) is 9.22. The van der Waals surface area contributed by atoms with Gasteiger partial charge in [-0.25, -0.2) is 4.39 Å².